The van der Waals surface area contributed by atoms with Crippen LogP contribution in [0.4, 0.5) is 0 Å². The molecular formula is C11H17O3PTi. The van der Waals surface area contributed by atoms with Crippen LogP contribution in [0.2, 0.25) is 0 Å². The Morgan fingerprint density at radius 1 is 1.31 bits per heavy atom. The van der Waals surface area contributed by atoms with Crippen LogP contribution < -0.4 is 0 Å². The van der Waals surface area contributed by atoms with Gasteiger partial charge in [-0.15, -0.1) is 0 Å². The van der Waals surface area contributed by atoms with Crippen LogP contribution in [-0.4, -0.2) is 22.8 Å². The van der Waals surface area contributed by atoms with Gasteiger partial charge in [-0.05, 0) is 12.0 Å². The van der Waals surface area contributed by atoms with Crippen molar-refractivity contribution in [3.05, 3.63) is 35.9 Å². The first-order valence-corrected chi connectivity index (χ1v) is 7.00. The molecule has 0 spiro atoms. The molecule has 2 N–H and O–H groups in total. The third kappa shape index (κ3) is 4.16. The number of hydrogen-bond acceptors (Lipinski definition) is 2. The fourth-order valence-corrected chi connectivity index (χ4v) is 3.22. The molecule has 0 fully saturated rings. The first kappa shape index (κ1) is 16.1. The summed E-state index contributed by atoms with van der Waals surface area (Å²) in [5, 5.41) is 8.92. The molecule has 2 unspecified atom stereocenters. The van der Waals surface area contributed by atoms with Crippen molar-refractivity contribution in [2.75, 3.05) is 12.8 Å². The summed E-state index contributed by atoms with van der Waals surface area (Å²) in [5.41, 5.74) is 0.396. The van der Waals surface area contributed by atoms with E-state index in [0.29, 0.717) is 6.42 Å². The van der Waals surface area contributed by atoms with Crippen LogP contribution in [0.25, 0.3) is 0 Å². The maximum Gasteiger partial charge on any atom is 0.207 e. The van der Waals surface area contributed by atoms with E-state index in [1.54, 1.807) is 6.92 Å². The Bertz CT molecular complexity index is 342. The molecule has 1 aromatic carbocycles. The maximum atomic E-state index is 11.9. The van der Waals surface area contributed by atoms with Gasteiger partial charge in [-0.2, -0.15) is 0 Å². The summed E-state index contributed by atoms with van der Waals surface area (Å²) in [6.07, 6.45) is 0.582. The fourth-order valence-electron chi connectivity index (χ4n) is 1.62. The second-order valence-electron chi connectivity index (χ2n) is 3.51. The van der Waals surface area contributed by atoms with Gasteiger partial charge < -0.3 is 10.00 Å². The van der Waals surface area contributed by atoms with Gasteiger partial charge in [0, 0.05) is 34.5 Å². The van der Waals surface area contributed by atoms with Gasteiger partial charge in [-0.25, -0.2) is 0 Å². The van der Waals surface area contributed by atoms with Gasteiger partial charge in [-0.1, -0.05) is 37.3 Å². The minimum Gasteiger partial charge on any atom is -0.396 e. The number of hydrogen-bond donors (Lipinski definition) is 2. The van der Waals surface area contributed by atoms with Crippen molar-refractivity contribution in [2.24, 2.45) is 0 Å². The van der Waals surface area contributed by atoms with Gasteiger partial charge in [0.15, 0.2) is 0 Å². The Morgan fingerprint density at radius 3 is 2.31 bits per heavy atom. The minimum atomic E-state index is -3.18. The van der Waals surface area contributed by atoms with Gasteiger partial charge in [0.25, 0.3) is 0 Å². The second kappa shape index (κ2) is 7.42. The average Bonchev–Trinajstić information content (AvgIpc) is 2.27. The molecule has 1 aromatic rings. The molecule has 88 valence electrons. The smallest absolute Gasteiger partial charge is 0.207 e. The number of aliphatic hydroxyl groups is 1. The Kier molecular flexibility index (Phi) is 7.46. The van der Waals surface area contributed by atoms with E-state index in [1.165, 1.54) is 0 Å². The average molecular weight is 276 g/mol. The molecule has 0 saturated carbocycles. The topological polar surface area (TPSA) is 57.5 Å². The van der Waals surface area contributed by atoms with Crippen LogP contribution in [0.5, 0.6) is 0 Å². The summed E-state index contributed by atoms with van der Waals surface area (Å²) in [6.45, 7) is 1.64. The maximum absolute atomic E-state index is 11.9. The van der Waals surface area contributed by atoms with E-state index in [2.05, 4.69) is 0 Å². The third-order valence-corrected chi connectivity index (χ3v) is 4.96. The van der Waals surface area contributed by atoms with Crippen molar-refractivity contribution in [1.82, 2.24) is 0 Å². The van der Waals surface area contributed by atoms with E-state index in [0.717, 1.165) is 5.56 Å². The first-order chi connectivity index (χ1) is 7.11. The standard InChI is InChI=1S/C11H17O3P.Ti/c1-2-15(13,14)11(8-9-12)10-6-4-3-5-7-10;/h3-7,11-12H,2,8-9H2,1H3,(H,13,14);. The molecule has 2 atom stereocenters. The minimum absolute atomic E-state index is 0. The predicted molar refractivity (Wildman–Crippen MR) is 61.3 cm³/mol. The fraction of sp³-hybridized carbons (Fsp3) is 0.455. The summed E-state index contributed by atoms with van der Waals surface area (Å²) in [4.78, 5) is 9.81. The molecule has 3 nitrogen and oxygen atoms in total. The molecule has 0 saturated heterocycles. The van der Waals surface area contributed by atoms with Gasteiger partial charge in [0.05, 0.1) is 5.66 Å². The summed E-state index contributed by atoms with van der Waals surface area (Å²) in [5.74, 6) is 0. The van der Waals surface area contributed by atoms with Crippen molar-refractivity contribution in [3.63, 3.8) is 0 Å². The first-order valence-electron chi connectivity index (χ1n) is 5.09. The monoisotopic (exact) mass is 276 g/mol. The molecule has 0 aliphatic heterocycles. The van der Waals surface area contributed by atoms with Crippen LogP contribution in [0.1, 0.15) is 24.6 Å². The largest absolute Gasteiger partial charge is 0.396 e. The summed E-state index contributed by atoms with van der Waals surface area (Å²) >= 11 is 0. The van der Waals surface area contributed by atoms with Crippen molar-refractivity contribution in [1.29, 1.82) is 0 Å². The molecule has 1 rings (SSSR count). The molecule has 0 radical (unpaired) electrons. The zero-order chi connectivity index (χ0) is 11.3. The van der Waals surface area contributed by atoms with Gasteiger partial charge in [0.2, 0.25) is 7.37 Å². The zero-order valence-electron chi connectivity index (χ0n) is 9.34. The Balaban J connectivity index is 0.00000225. The molecule has 0 amide bonds. The molecular weight excluding hydrogens is 259 g/mol. The second-order valence-corrected chi connectivity index (χ2v) is 6.28. The van der Waals surface area contributed by atoms with E-state index in [9.17, 15) is 9.46 Å². The summed E-state index contributed by atoms with van der Waals surface area (Å²) < 4.78 is 11.9. The van der Waals surface area contributed by atoms with Crippen LogP contribution >= 0.6 is 7.37 Å². The van der Waals surface area contributed by atoms with E-state index in [1.807, 2.05) is 30.3 Å². The normalized spacial score (nSPS) is 15.9. The van der Waals surface area contributed by atoms with Gasteiger partial charge in [0.1, 0.15) is 0 Å². The predicted octanol–water partition coefficient (Wildman–Crippen LogP) is 2.40. The van der Waals surface area contributed by atoms with E-state index in [4.69, 9.17) is 5.11 Å². The van der Waals surface area contributed by atoms with Crippen LogP contribution in [0, 0.1) is 0 Å². The number of benzene rings is 1. The van der Waals surface area contributed by atoms with E-state index >= 15 is 0 Å². The quantitative estimate of drug-likeness (QED) is 0.641. The van der Waals surface area contributed by atoms with E-state index in [-0.39, 0.29) is 34.5 Å². The molecule has 0 bridgehead atoms. The molecule has 5 heteroatoms. The van der Waals surface area contributed by atoms with Crippen molar-refractivity contribution < 1.29 is 36.3 Å². The summed E-state index contributed by atoms with van der Waals surface area (Å²) in [6, 6.07) is 9.22. The van der Waals surface area contributed by atoms with Crippen LogP contribution in [0.3, 0.4) is 0 Å². The molecule has 0 aliphatic carbocycles. The van der Waals surface area contributed by atoms with Crippen molar-refractivity contribution >= 4 is 7.37 Å². The van der Waals surface area contributed by atoms with Crippen molar-refractivity contribution in [2.45, 2.75) is 19.0 Å². The van der Waals surface area contributed by atoms with E-state index < -0.39 is 13.0 Å². The Morgan fingerprint density at radius 2 is 1.88 bits per heavy atom. The van der Waals surface area contributed by atoms with Crippen molar-refractivity contribution in [3.8, 4) is 0 Å². The number of rotatable bonds is 5. The van der Waals surface area contributed by atoms with Gasteiger partial charge in [-0.3, -0.25) is 4.57 Å². The van der Waals surface area contributed by atoms with Crippen LogP contribution in [-0.2, 0) is 26.3 Å². The SMILES string of the molecule is CCP(=O)(O)C(CCO)c1ccccc1.[Ti]. The Hall–Kier alpha value is 0.0843. The zero-order valence-corrected chi connectivity index (χ0v) is 11.8. The summed E-state index contributed by atoms with van der Waals surface area (Å²) in [7, 11) is -3.18. The van der Waals surface area contributed by atoms with Crippen LogP contribution in [0.15, 0.2) is 30.3 Å². The third-order valence-electron chi connectivity index (χ3n) is 2.53. The molecule has 0 heterocycles. The van der Waals surface area contributed by atoms with Gasteiger partial charge >= 0.3 is 0 Å². The molecule has 0 aromatic heterocycles. The Labute approximate surface area is 111 Å². The molecule has 0 aliphatic rings. The number of aliphatic hydroxyl groups excluding tert-OH is 1. The molecule has 16 heavy (non-hydrogen) atoms.